The van der Waals surface area contributed by atoms with Gasteiger partial charge >= 0.3 is 0 Å². The van der Waals surface area contributed by atoms with Gasteiger partial charge in [-0.25, -0.2) is 0 Å². The quantitative estimate of drug-likeness (QED) is 0.833. The molecule has 84 valence electrons. The van der Waals surface area contributed by atoms with E-state index in [9.17, 15) is 4.79 Å². The molecular formula is C15H13NO. The summed E-state index contributed by atoms with van der Waals surface area (Å²) < 4.78 is 0. The van der Waals surface area contributed by atoms with Crippen LogP contribution >= 0.6 is 0 Å². The first-order chi connectivity index (χ1) is 8.34. The number of amides is 1. The molecule has 0 aliphatic heterocycles. The average molecular weight is 223 g/mol. The predicted molar refractivity (Wildman–Crippen MR) is 68.0 cm³/mol. The monoisotopic (exact) mass is 223 g/mol. The number of carbonyl (C=O) groups is 1. The third-order valence-electron chi connectivity index (χ3n) is 3.21. The lowest BCUT2D eigenvalue weighted by Crippen LogP contribution is -2.30. The van der Waals surface area contributed by atoms with Gasteiger partial charge in [-0.05, 0) is 29.7 Å². The fraction of sp³-hybridized carbons (Fsp3) is 0.133. The van der Waals surface area contributed by atoms with Crippen LogP contribution in [0.5, 0.6) is 0 Å². The van der Waals surface area contributed by atoms with Crippen molar-refractivity contribution in [3.8, 4) is 0 Å². The Balaban J connectivity index is 1.74. The number of hydrogen-bond acceptors (Lipinski definition) is 1. The summed E-state index contributed by atoms with van der Waals surface area (Å²) in [5.74, 6) is 0.112. The van der Waals surface area contributed by atoms with Gasteiger partial charge < -0.3 is 5.32 Å². The summed E-state index contributed by atoms with van der Waals surface area (Å²) in [6.45, 7) is 0. The molecule has 3 rings (SSSR count). The van der Waals surface area contributed by atoms with E-state index >= 15 is 0 Å². The molecule has 2 nitrogen and oxygen atoms in total. The highest BCUT2D eigenvalue weighted by molar-refractivity contribution is 5.97. The highest BCUT2D eigenvalue weighted by Crippen LogP contribution is 2.35. The summed E-state index contributed by atoms with van der Waals surface area (Å²) >= 11 is 0. The van der Waals surface area contributed by atoms with Gasteiger partial charge in [0.25, 0.3) is 0 Å². The van der Waals surface area contributed by atoms with E-state index in [0.717, 1.165) is 12.1 Å². The van der Waals surface area contributed by atoms with Gasteiger partial charge in [-0.1, -0.05) is 42.5 Å². The second-order valence-corrected chi connectivity index (χ2v) is 4.31. The number of anilines is 1. The Morgan fingerprint density at radius 3 is 2.47 bits per heavy atom. The zero-order valence-corrected chi connectivity index (χ0v) is 9.39. The van der Waals surface area contributed by atoms with Crippen molar-refractivity contribution in [1.82, 2.24) is 0 Å². The van der Waals surface area contributed by atoms with Gasteiger partial charge in [0.1, 0.15) is 0 Å². The summed E-state index contributed by atoms with van der Waals surface area (Å²) in [5.41, 5.74) is 3.32. The number of fused-ring (bicyclic) bond motifs is 1. The van der Waals surface area contributed by atoms with Gasteiger partial charge in [-0.3, -0.25) is 4.79 Å². The molecule has 1 N–H and O–H groups in total. The Kier molecular flexibility index (Phi) is 2.41. The van der Waals surface area contributed by atoms with Crippen LogP contribution < -0.4 is 5.32 Å². The van der Waals surface area contributed by atoms with Crippen LogP contribution in [0.2, 0.25) is 0 Å². The van der Waals surface area contributed by atoms with Crippen molar-refractivity contribution in [2.45, 2.75) is 12.3 Å². The van der Waals surface area contributed by atoms with Crippen LogP contribution in [0.25, 0.3) is 0 Å². The molecule has 0 spiro atoms. The van der Waals surface area contributed by atoms with Crippen molar-refractivity contribution in [3.63, 3.8) is 0 Å². The predicted octanol–water partition coefficient (Wildman–Crippen LogP) is 2.97. The van der Waals surface area contributed by atoms with Crippen LogP contribution in [0.1, 0.15) is 17.0 Å². The zero-order valence-electron chi connectivity index (χ0n) is 9.39. The van der Waals surface area contributed by atoms with Crippen LogP contribution in [0.4, 0.5) is 5.69 Å². The van der Waals surface area contributed by atoms with E-state index in [0.29, 0.717) is 0 Å². The first kappa shape index (κ1) is 10.1. The van der Waals surface area contributed by atoms with Gasteiger partial charge in [-0.2, -0.15) is 0 Å². The van der Waals surface area contributed by atoms with Gasteiger partial charge in [0.2, 0.25) is 5.91 Å². The van der Waals surface area contributed by atoms with E-state index < -0.39 is 0 Å². The van der Waals surface area contributed by atoms with Crippen LogP contribution in [0, 0.1) is 0 Å². The molecule has 2 heteroatoms. The molecule has 1 atom stereocenters. The van der Waals surface area contributed by atoms with Crippen molar-refractivity contribution < 1.29 is 4.79 Å². The Labute approximate surface area is 100 Å². The Morgan fingerprint density at radius 2 is 1.71 bits per heavy atom. The Hall–Kier alpha value is -2.09. The number of para-hydroxylation sites is 1. The van der Waals surface area contributed by atoms with Crippen molar-refractivity contribution in [1.29, 1.82) is 0 Å². The smallest absolute Gasteiger partial charge is 0.232 e. The van der Waals surface area contributed by atoms with Gasteiger partial charge in [0, 0.05) is 5.69 Å². The SMILES string of the molecule is O=C(Nc1ccccc1)C1Cc2ccccc21. The summed E-state index contributed by atoms with van der Waals surface area (Å²) in [4.78, 5) is 12.0. The van der Waals surface area contributed by atoms with Gasteiger partial charge in [0.15, 0.2) is 0 Å². The minimum atomic E-state index is 0.0198. The lowest BCUT2D eigenvalue weighted by Gasteiger charge is -2.28. The molecule has 1 aliphatic rings. The molecule has 0 bridgehead atoms. The minimum Gasteiger partial charge on any atom is -0.326 e. The lowest BCUT2D eigenvalue weighted by molar-refractivity contribution is -0.118. The lowest BCUT2D eigenvalue weighted by atomic mass is 9.77. The van der Waals surface area contributed by atoms with Crippen LogP contribution in [0.15, 0.2) is 54.6 Å². The topological polar surface area (TPSA) is 29.1 Å². The molecule has 0 saturated carbocycles. The van der Waals surface area contributed by atoms with Crippen molar-refractivity contribution >= 4 is 11.6 Å². The summed E-state index contributed by atoms with van der Waals surface area (Å²) in [5, 5.41) is 2.95. The normalized spacial score (nSPS) is 16.8. The number of carbonyl (C=O) groups excluding carboxylic acids is 1. The molecule has 1 amide bonds. The summed E-state index contributed by atoms with van der Waals surface area (Å²) in [7, 11) is 0. The molecule has 0 radical (unpaired) electrons. The van der Waals surface area contributed by atoms with Crippen LogP contribution in [-0.4, -0.2) is 5.91 Å². The van der Waals surface area contributed by atoms with E-state index in [2.05, 4.69) is 11.4 Å². The van der Waals surface area contributed by atoms with Crippen molar-refractivity contribution in [2.75, 3.05) is 5.32 Å². The molecule has 0 aromatic heterocycles. The third kappa shape index (κ3) is 1.82. The highest BCUT2D eigenvalue weighted by Gasteiger charge is 2.31. The first-order valence-electron chi connectivity index (χ1n) is 5.78. The first-order valence-corrected chi connectivity index (χ1v) is 5.78. The number of benzene rings is 2. The number of nitrogens with one attached hydrogen (secondary N) is 1. The second-order valence-electron chi connectivity index (χ2n) is 4.31. The van der Waals surface area contributed by atoms with E-state index in [1.165, 1.54) is 11.1 Å². The van der Waals surface area contributed by atoms with Gasteiger partial charge in [-0.15, -0.1) is 0 Å². The molecule has 1 unspecified atom stereocenters. The number of hydrogen-bond donors (Lipinski definition) is 1. The maximum Gasteiger partial charge on any atom is 0.232 e. The largest absolute Gasteiger partial charge is 0.326 e. The fourth-order valence-corrected chi connectivity index (χ4v) is 2.24. The van der Waals surface area contributed by atoms with E-state index in [4.69, 9.17) is 0 Å². The highest BCUT2D eigenvalue weighted by atomic mass is 16.1. The van der Waals surface area contributed by atoms with E-state index in [1.54, 1.807) is 0 Å². The maximum absolute atomic E-state index is 12.0. The summed E-state index contributed by atoms with van der Waals surface area (Å²) in [6, 6.07) is 17.7. The molecule has 0 heterocycles. The molecule has 0 saturated heterocycles. The molecular weight excluding hydrogens is 210 g/mol. The fourth-order valence-electron chi connectivity index (χ4n) is 2.24. The molecule has 17 heavy (non-hydrogen) atoms. The minimum absolute atomic E-state index is 0.0198. The third-order valence-corrected chi connectivity index (χ3v) is 3.21. The second kappa shape index (κ2) is 4.06. The Morgan fingerprint density at radius 1 is 1.00 bits per heavy atom. The van der Waals surface area contributed by atoms with Crippen molar-refractivity contribution in [3.05, 3.63) is 65.7 Å². The molecule has 2 aromatic carbocycles. The molecule has 0 fully saturated rings. The molecule has 2 aromatic rings. The van der Waals surface area contributed by atoms with Crippen molar-refractivity contribution in [2.24, 2.45) is 0 Å². The summed E-state index contributed by atoms with van der Waals surface area (Å²) in [6.07, 6.45) is 0.856. The zero-order chi connectivity index (χ0) is 11.7. The number of rotatable bonds is 2. The van der Waals surface area contributed by atoms with Crippen LogP contribution in [0.3, 0.4) is 0 Å². The maximum atomic E-state index is 12.0. The molecule has 1 aliphatic carbocycles. The van der Waals surface area contributed by atoms with E-state index in [-0.39, 0.29) is 11.8 Å². The van der Waals surface area contributed by atoms with Gasteiger partial charge in [0.05, 0.1) is 5.92 Å². The standard InChI is InChI=1S/C15H13NO/c17-15(16-12-7-2-1-3-8-12)14-10-11-6-4-5-9-13(11)14/h1-9,14H,10H2,(H,16,17). The Bertz CT molecular complexity index is 548. The average Bonchev–Trinajstić information content (AvgIpc) is 2.32. The van der Waals surface area contributed by atoms with E-state index in [1.807, 2.05) is 48.5 Å². The van der Waals surface area contributed by atoms with Crippen LogP contribution in [-0.2, 0) is 11.2 Å².